The molecule has 0 aliphatic rings. The molecule has 0 bridgehead atoms. The number of pyridine rings is 1. The summed E-state index contributed by atoms with van der Waals surface area (Å²) < 4.78 is 7.51. The summed E-state index contributed by atoms with van der Waals surface area (Å²) in [4.78, 5) is 4.47. The summed E-state index contributed by atoms with van der Waals surface area (Å²) in [6.07, 6.45) is 3.88. The number of hydrogen-bond donors (Lipinski definition) is 1. The first-order valence-corrected chi connectivity index (χ1v) is 6.52. The number of aromatic nitrogens is 2. The van der Waals surface area contributed by atoms with Crippen molar-refractivity contribution in [1.29, 1.82) is 0 Å². The molecule has 2 aromatic heterocycles. The molecule has 4 heteroatoms. The molecule has 2 N–H and O–H groups in total. The Labute approximate surface area is 117 Å². The van der Waals surface area contributed by atoms with E-state index >= 15 is 0 Å². The van der Waals surface area contributed by atoms with E-state index in [0.717, 1.165) is 33.5 Å². The number of ether oxygens (including phenoxy) is 1. The van der Waals surface area contributed by atoms with E-state index in [1.54, 1.807) is 13.3 Å². The summed E-state index contributed by atoms with van der Waals surface area (Å²) in [6.45, 7) is 0.517. The van der Waals surface area contributed by atoms with Crippen LogP contribution in [0, 0.1) is 0 Å². The molecule has 2 heterocycles. The average molecular weight is 267 g/mol. The van der Waals surface area contributed by atoms with Crippen molar-refractivity contribution in [3.63, 3.8) is 0 Å². The maximum absolute atomic E-state index is 5.71. The zero-order chi connectivity index (χ0) is 14.1. The molecule has 0 saturated carbocycles. The summed E-state index contributed by atoms with van der Waals surface area (Å²) in [5, 5.41) is 1.13. The van der Waals surface area contributed by atoms with Crippen molar-refractivity contribution in [2.45, 2.75) is 6.54 Å². The number of fused-ring (bicyclic) bond motifs is 1. The van der Waals surface area contributed by atoms with Crippen LogP contribution in [0.25, 0.3) is 22.2 Å². The summed E-state index contributed by atoms with van der Waals surface area (Å²) in [7, 11) is 3.70. The van der Waals surface area contributed by atoms with Gasteiger partial charge in [-0.1, -0.05) is 12.1 Å². The van der Waals surface area contributed by atoms with Crippen LogP contribution in [0.15, 0.2) is 42.7 Å². The quantitative estimate of drug-likeness (QED) is 0.793. The fourth-order valence-electron chi connectivity index (χ4n) is 2.55. The molecular weight excluding hydrogens is 250 g/mol. The number of benzene rings is 1. The van der Waals surface area contributed by atoms with Gasteiger partial charge in [-0.15, -0.1) is 0 Å². The van der Waals surface area contributed by atoms with Crippen LogP contribution in [0.3, 0.4) is 0 Å². The van der Waals surface area contributed by atoms with Crippen molar-refractivity contribution in [2.24, 2.45) is 12.8 Å². The molecule has 20 heavy (non-hydrogen) atoms. The second kappa shape index (κ2) is 4.98. The Morgan fingerprint density at radius 2 is 2.15 bits per heavy atom. The van der Waals surface area contributed by atoms with E-state index in [0.29, 0.717) is 6.54 Å². The van der Waals surface area contributed by atoms with Gasteiger partial charge >= 0.3 is 0 Å². The molecule has 0 aliphatic carbocycles. The van der Waals surface area contributed by atoms with Crippen LogP contribution >= 0.6 is 0 Å². The largest absolute Gasteiger partial charge is 0.495 e. The monoisotopic (exact) mass is 267 g/mol. The van der Waals surface area contributed by atoms with Gasteiger partial charge in [-0.3, -0.25) is 4.98 Å². The Morgan fingerprint density at radius 3 is 2.90 bits per heavy atom. The highest BCUT2D eigenvalue weighted by Gasteiger charge is 2.13. The van der Waals surface area contributed by atoms with E-state index in [1.807, 2.05) is 31.3 Å². The van der Waals surface area contributed by atoms with Gasteiger partial charge in [0.25, 0.3) is 0 Å². The second-order valence-electron chi connectivity index (χ2n) is 4.76. The highest BCUT2D eigenvalue weighted by atomic mass is 16.5. The van der Waals surface area contributed by atoms with Gasteiger partial charge in [-0.05, 0) is 23.8 Å². The first kappa shape index (κ1) is 12.7. The van der Waals surface area contributed by atoms with Crippen LogP contribution in [0.5, 0.6) is 5.75 Å². The lowest BCUT2D eigenvalue weighted by Gasteiger charge is -2.04. The first-order chi connectivity index (χ1) is 9.74. The Balaban J connectivity index is 2.26. The number of hydrogen-bond acceptors (Lipinski definition) is 3. The van der Waals surface area contributed by atoms with E-state index in [4.69, 9.17) is 10.5 Å². The molecule has 0 spiro atoms. The van der Waals surface area contributed by atoms with Gasteiger partial charge < -0.3 is 15.0 Å². The second-order valence-corrected chi connectivity index (χ2v) is 4.76. The van der Waals surface area contributed by atoms with Crippen molar-refractivity contribution in [3.8, 4) is 17.0 Å². The Kier molecular flexibility index (Phi) is 3.16. The van der Waals surface area contributed by atoms with E-state index in [9.17, 15) is 0 Å². The molecule has 102 valence electrons. The van der Waals surface area contributed by atoms with E-state index in [2.05, 4.69) is 21.8 Å². The summed E-state index contributed by atoms with van der Waals surface area (Å²) in [6, 6.07) is 10.0. The van der Waals surface area contributed by atoms with Gasteiger partial charge in [0, 0.05) is 36.9 Å². The first-order valence-electron chi connectivity index (χ1n) is 6.52. The average Bonchev–Trinajstić information content (AvgIpc) is 2.85. The highest BCUT2D eigenvalue weighted by Crippen LogP contribution is 2.34. The minimum atomic E-state index is 0.517. The smallest absolute Gasteiger partial charge is 0.143 e. The Hall–Kier alpha value is -2.33. The molecule has 3 rings (SSSR count). The third kappa shape index (κ3) is 1.94. The van der Waals surface area contributed by atoms with Gasteiger partial charge in [0.05, 0.1) is 18.3 Å². The van der Waals surface area contributed by atoms with Crippen molar-refractivity contribution in [1.82, 2.24) is 9.55 Å². The molecule has 0 saturated heterocycles. The van der Waals surface area contributed by atoms with Crippen molar-refractivity contribution in [2.75, 3.05) is 7.11 Å². The number of nitrogens with zero attached hydrogens (tertiary/aromatic N) is 2. The van der Waals surface area contributed by atoms with E-state index < -0.39 is 0 Å². The zero-order valence-electron chi connectivity index (χ0n) is 11.6. The standard InChI is InChI=1S/C16H17N3O/c1-19-10-13(14-8-11(9-17)6-7-18-14)12-4-3-5-15(20-2)16(12)19/h3-8,10H,9,17H2,1-2H3. The Bertz CT molecular complexity index is 762. The van der Waals surface area contributed by atoms with Gasteiger partial charge in [-0.25, -0.2) is 0 Å². The zero-order valence-corrected chi connectivity index (χ0v) is 11.6. The van der Waals surface area contributed by atoms with Crippen LogP contribution in [0.1, 0.15) is 5.56 Å². The summed E-state index contributed by atoms with van der Waals surface area (Å²) in [5.41, 5.74) is 9.89. The van der Waals surface area contributed by atoms with Gasteiger partial charge in [0.15, 0.2) is 0 Å². The van der Waals surface area contributed by atoms with Crippen LogP contribution < -0.4 is 10.5 Å². The van der Waals surface area contributed by atoms with Gasteiger partial charge in [0.2, 0.25) is 0 Å². The normalized spacial score (nSPS) is 10.9. The molecule has 3 aromatic rings. The van der Waals surface area contributed by atoms with Gasteiger partial charge in [-0.2, -0.15) is 0 Å². The number of nitrogens with two attached hydrogens (primary N) is 1. The SMILES string of the molecule is COc1cccc2c(-c3cc(CN)ccn3)cn(C)c12. The molecule has 0 unspecified atom stereocenters. The number of methoxy groups -OCH3 is 1. The maximum atomic E-state index is 5.71. The van der Waals surface area contributed by atoms with Crippen LogP contribution in [-0.4, -0.2) is 16.7 Å². The fourth-order valence-corrected chi connectivity index (χ4v) is 2.55. The van der Waals surface area contributed by atoms with Crippen LogP contribution in [-0.2, 0) is 13.6 Å². The number of rotatable bonds is 3. The topological polar surface area (TPSA) is 53.1 Å². The molecule has 4 nitrogen and oxygen atoms in total. The Morgan fingerprint density at radius 1 is 1.30 bits per heavy atom. The lowest BCUT2D eigenvalue weighted by molar-refractivity contribution is 0.418. The van der Waals surface area contributed by atoms with Crippen molar-refractivity contribution < 1.29 is 4.74 Å². The van der Waals surface area contributed by atoms with Crippen molar-refractivity contribution >= 4 is 10.9 Å². The van der Waals surface area contributed by atoms with Crippen LogP contribution in [0.2, 0.25) is 0 Å². The van der Waals surface area contributed by atoms with E-state index in [1.165, 1.54) is 0 Å². The third-order valence-electron chi connectivity index (χ3n) is 3.52. The predicted molar refractivity (Wildman–Crippen MR) is 80.6 cm³/mol. The third-order valence-corrected chi connectivity index (χ3v) is 3.52. The van der Waals surface area contributed by atoms with Gasteiger partial charge in [0.1, 0.15) is 5.75 Å². The molecule has 0 amide bonds. The minimum absolute atomic E-state index is 0.517. The number of para-hydroxylation sites is 1. The molecule has 0 fully saturated rings. The predicted octanol–water partition coefficient (Wildman–Crippen LogP) is 2.71. The molecule has 0 radical (unpaired) electrons. The lowest BCUT2D eigenvalue weighted by atomic mass is 10.1. The molecule has 1 aromatic carbocycles. The lowest BCUT2D eigenvalue weighted by Crippen LogP contribution is -1.96. The fraction of sp³-hybridized carbons (Fsp3) is 0.188. The van der Waals surface area contributed by atoms with Crippen LogP contribution in [0.4, 0.5) is 0 Å². The highest BCUT2D eigenvalue weighted by molar-refractivity contribution is 5.98. The minimum Gasteiger partial charge on any atom is -0.495 e. The summed E-state index contributed by atoms with van der Waals surface area (Å²) in [5.74, 6) is 0.867. The molecule has 0 aliphatic heterocycles. The van der Waals surface area contributed by atoms with Crippen molar-refractivity contribution in [3.05, 3.63) is 48.3 Å². The summed E-state index contributed by atoms with van der Waals surface area (Å²) >= 11 is 0. The maximum Gasteiger partial charge on any atom is 0.143 e. The molecule has 0 atom stereocenters. The number of aryl methyl sites for hydroxylation is 1. The van der Waals surface area contributed by atoms with E-state index in [-0.39, 0.29) is 0 Å². The molecular formula is C16H17N3O.